The molecule has 3 atom stereocenters. The molecule has 0 saturated heterocycles. The van der Waals surface area contributed by atoms with Crippen molar-refractivity contribution in [1.82, 2.24) is 4.90 Å². The van der Waals surface area contributed by atoms with Gasteiger partial charge in [-0.1, -0.05) is 92.7 Å². The van der Waals surface area contributed by atoms with E-state index in [-0.39, 0.29) is 6.04 Å². The molecule has 0 amide bonds. The molecule has 1 N–H and O–H groups in total. The van der Waals surface area contributed by atoms with Crippen LogP contribution in [-0.4, -0.2) is 49.4 Å². The number of fused-ring (bicyclic) bond motifs is 2. The number of ether oxygens (including phenoxy) is 2. The van der Waals surface area contributed by atoms with Gasteiger partial charge in [0, 0.05) is 26.0 Å². The maximum absolute atomic E-state index is 11.3. The molecule has 5 nitrogen and oxygen atoms in total. The lowest BCUT2D eigenvalue weighted by atomic mass is 9.87. The number of hydrogen-bond donors (Lipinski definition) is 1. The monoisotopic (exact) mass is 577 g/mol. The summed E-state index contributed by atoms with van der Waals surface area (Å²) in [6.07, 6.45) is 2.58. The molecule has 3 unspecified atom stereocenters. The summed E-state index contributed by atoms with van der Waals surface area (Å²) in [6, 6.07) is 32.7. The number of methoxy groups -OCH3 is 1. The first-order chi connectivity index (χ1) is 20.9. The second kappa shape index (κ2) is 14.0. The normalized spacial score (nSPS) is 15.7. The van der Waals surface area contributed by atoms with E-state index in [0.29, 0.717) is 18.9 Å². The molecule has 4 aromatic rings. The lowest BCUT2D eigenvalue weighted by Gasteiger charge is -2.31. The van der Waals surface area contributed by atoms with Crippen LogP contribution in [0, 0.1) is 0 Å². The Bertz CT molecular complexity index is 1520. The number of hydrogen-bond acceptors (Lipinski definition) is 4. The van der Waals surface area contributed by atoms with Gasteiger partial charge in [0.1, 0.15) is 12.4 Å². The van der Waals surface area contributed by atoms with E-state index in [4.69, 9.17) is 9.47 Å². The summed E-state index contributed by atoms with van der Waals surface area (Å²) in [6.45, 7) is 5.82. The molecular formula is C38H43NO4. The molecule has 43 heavy (non-hydrogen) atoms. The summed E-state index contributed by atoms with van der Waals surface area (Å²) in [5, 5.41) is 9.26. The van der Waals surface area contributed by atoms with Gasteiger partial charge in [-0.15, -0.1) is 0 Å². The summed E-state index contributed by atoms with van der Waals surface area (Å²) >= 11 is 0. The molecule has 224 valence electrons. The van der Waals surface area contributed by atoms with Crippen LogP contribution in [-0.2, 0) is 35.2 Å². The molecular weight excluding hydrogens is 534 g/mol. The van der Waals surface area contributed by atoms with Crippen molar-refractivity contribution in [3.63, 3.8) is 0 Å². The van der Waals surface area contributed by atoms with Crippen LogP contribution in [0.4, 0.5) is 0 Å². The topological polar surface area (TPSA) is 59.0 Å². The fraction of sp³-hybridized carbons (Fsp3) is 0.342. The second-order valence-electron chi connectivity index (χ2n) is 11.6. The van der Waals surface area contributed by atoms with Crippen molar-refractivity contribution in [3.05, 3.63) is 136 Å². The Morgan fingerprint density at radius 2 is 1.53 bits per heavy atom. The molecule has 0 bridgehead atoms. The van der Waals surface area contributed by atoms with Gasteiger partial charge < -0.3 is 14.6 Å². The van der Waals surface area contributed by atoms with Crippen molar-refractivity contribution >= 4 is 5.97 Å². The predicted molar refractivity (Wildman–Crippen MR) is 172 cm³/mol. The predicted octanol–water partition coefficient (Wildman–Crippen LogP) is 7.24. The van der Waals surface area contributed by atoms with Crippen molar-refractivity contribution in [2.75, 3.05) is 27.3 Å². The van der Waals surface area contributed by atoms with Crippen molar-refractivity contribution in [1.29, 1.82) is 0 Å². The fourth-order valence-corrected chi connectivity index (χ4v) is 6.23. The number of carboxylic acid groups (broad SMARTS) is 1. The molecule has 0 fully saturated rings. The average molecular weight is 578 g/mol. The molecule has 1 aliphatic rings. The number of carbonyl (C=O) groups is 1. The molecule has 0 saturated carbocycles. The number of benzene rings is 4. The lowest BCUT2D eigenvalue weighted by Crippen LogP contribution is -2.30. The van der Waals surface area contributed by atoms with Gasteiger partial charge in [-0.05, 0) is 83.0 Å². The van der Waals surface area contributed by atoms with E-state index in [9.17, 15) is 9.90 Å². The van der Waals surface area contributed by atoms with Crippen LogP contribution >= 0.6 is 0 Å². The Kier molecular flexibility index (Phi) is 9.96. The van der Waals surface area contributed by atoms with Gasteiger partial charge in [0.25, 0.3) is 0 Å². The Hall–Kier alpha value is -3.93. The van der Waals surface area contributed by atoms with E-state index in [0.717, 1.165) is 37.1 Å². The van der Waals surface area contributed by atoms with Crippen molar-refractivity contribution in [3.8, 4) is 5.75 Å². The van der Waals surface area contributed by atoms with Crippen LogP contribution in [0.25, 0.3) is 0 Å². The Labute approximate surface area is 256 Å². The molecule has 4 aromatic carbocycles. The quantitative estimate of drug-likeness (QED) is 0.192. The fourth-order valence-electron chi connectivity index (χ4n) is 6.23. The first-order valence-electron chi connectivity index (χ1n) is 15.3. The molecule has 0 radical (unpaired) electrons. The standard InChI is InChI=1S/C38H43NO4/c1-5-27-13-19-34-31(23-27)14-15-32-25-30(26(2)29-9-7-6-8-10-29)16-20-35(32)37(34)39(3)21-22-43-33-17-11-28(12-18-33)24-36(42-4)38(40)41/h6-13,16-20,23,25-26,36-37H,5,14-15,21-22,24H2,1-4H3,(H,40,41). The van der Waals surface area contributed by atoms with Crippen LogP contribution < -0.4 is 4.74 Å². The molecule has 5 rings (SSSR count). The van der Waals surface area contributed by atoms with Gasteiger partial charge in [0.15, 0.2) is 6.10 Å². The summed E-state index contributed by atoms with van der Waals surface area (Å²) in [7, 11) is 3.62. The molecule has 0 aliphatic heterocycles. The third-order valence-corrected chi connectivity index (χ3v) is 8.89. The van der Waals surface area contributed by atoms with E-state index in [1.165, 1.54) is 46.1 Å². The summed E-state index contributed by atoms with van der Waals surface area (Å²) in [4.78, 5) is 13.7. The third kappa shape index (κ3) is 7.18. The van der Waals surface area contributed by atoms with E-state index >= 15 is 0 Å². The van der Waals surface area contributed by atoms with Crippen molar-refractivity contribution in [2.45, 2.75) is 57.6 Å². The van der Waals surface area contributed by atoms with E-state index in [1.54, 1.807) is 0 Å². The highest BCUT2D eigenvalue weighted by Gasteiger charge is 2.28. The minimum absolute atomic E-state index is 0.146. The highest BCUT2D eigenvalue weighted by molar-refractivity contribution is 5.72. The zero-order valence-corrected chi connectivity index (χ0v) is 25.8. The Morgan fingerprint density at radius 3 is 2.19 bits per heavy atom. The summed E-state index contributed by atoms with van der Waals surface area (Å²) in [5.41, 5.74) is 10.6. The van der Waals surface area contributed by atoms with Crippen LogP contribution in [0.2, 0.25) is 0 Å². The summed E-state index contributed by atoms with van der Waals surface area (Å²) in [5.74, 6) is 0.153. The first-order valence-corrected chi connectivity index (χ1v) is 15.3. The molecule has 0 aromatic heterocycles. The van der Waals surface area contributed by atoms with Crippen molar-refractivity contribution in [2.24, 2.45) is 0 Å². The molecule has 1 aliphatic carbocycles. The zero-order chi connectivity index (χ0) is 30.3. The summed E-state index contributed by atoms with van der Waals surface area (Å²) < 4.78 is 11.2. The Balaban J connectivity index is 1.34. The van der Waals surface area contributed by atoms with Gasteiger partial charge in [-0.2, -0.15) is 0 Å². The van der Waals surface area contributed by atoms with Gasteiger partial charge >= 0.3 is 5.97 Å². The van der Waals surface area contributed by atoms with Gasteiger partial charge in [-0.25, -0.2) is 4.79 Å². The number of nitrogens with zero attached hydrogens (tertiary/aromatic N) is 1. The Morgan fingerprint density at radius 1 is 0.884 bits per heavy atom. The average Bonchev–Trinajstić information content (AvgIpc) is 3.20. The second-order valence-corrected chi connectivity index (χ2v) is 11.6. The molecule has 5 heteroatoms. The largest absolute Gasteiger partial charge is 0.492 e. The minimum Gasteiger partial charge on any atom is -0.492 e. The SMILES string of the molecule is CCc1ccc2c(c1)CCc1cc(C(C)c3ccccc3)ccc1C2N(C)CCOc1ccc(CC(OC)C(=O)O)cc1. The molecule has 0 heterocycles. The van der Waals surface area contributed by atoms with E-state index in [1.807, 2.05) is 24.3 Å². The molecule has 0 spiro atoms. The zero-order valence-electron chi connectivity index (χ0n) is 25.8. The van der Waals surface area contributed by atoms with Gasteiger partial charge in [-0.3, -0.25) is 4.90 Å². The number of rotatable bonds is 12. The van der Waals surface area contributed by atoms with Gasteiger partial charge in [0.05, 0.1) is 6.04 Å². The third-order valence-electron chi connectivity index (χ3n) is 8.89. The van der Waals surface area contributed by atoms with Crippen LogP contribution in [0.15, 0.2) is 91.0 Å². The number of aliphatic carboxylic acids is 1. The van der Waals surface area contributed by atoms with E-state index in [2.05, 4.69) is 92.5 Å². The number of carboxylic acids is 1. The van der Waals surface area contributed by atoms with E-state index < -0.39 is 12.1 Å². The van der Waals surface area contributed by atoms with Crippen LogP contribution in [0.5, 0.6) is 5.75 Å². The minimum atomic E-state index is -0.958. The highest BCUT2D eigenvalue weighted by atomic mass is 16.5. The number of likely N-dealkylation sites (N-methyl/N-ethyl adjacent to an activating group) is 1. The van der Waals surface area contributed by atoms with Crippen LogP contribution in [0.3, 0.4) is 0 Å². The van der Waals surface area contributed by atoms with Gasteiger partial charge in [0.2, 0.25) is 0 Å². The van der Waals surface area contributed by atoms with Crippen molar-refractivity contribution < 1.29 is 19.4 Å². The lowest BCUT2D eigenvalue weighted by molar-refractivity contribution is -0.148. The highest BCUT2D eigenvalue weighted by Crippen LogP contribution is 2.38. The van der Waals surface area contributed by atoms with Crippen LogP contribution in [0.1, 0.15) is 70.3 Å². The first kappa shape index (κ1) is 30.5. The number of aryl methyl sites for hydroxylation is 3. The maximum atomic E-state index is 11.3. The maximum Gasteiger partial charge on any atom is 0.333 e. The smallest absolute Gasteiger partial charge is 0.333 e.